The predicted molar refractivity (Wildman–Crippen MR) is 53.9 cm³/mol. The Morgan fingerprint density at radius 1 is 1.46 bits per heavy atom. The zero-order chi connectivity index (χ0) is 9.68. The molecule has 0 spiro atoms. The first-order valence-electron chi connectivity index (χ1n) is 4.79. The Kier molecular flexibility index (Phi) is 3.74. The molecule has 1 heterocycles. The minimum atomic E-state index is 0.642. The SMILES string of the molecule is CCOc1ccncc1CC(C)C. The van der Waals surface area contributed by atoms with Crippen LogP contribution in [0, 0.1) is 5.92 Å². The molecule has 2 nitrogen and oxygen atoms in total. The molecule has 72 valence electrons. The maximum atomic E-state index is 5.50. The van der Waals surface area contributed by atoms with Crippen LogP contribution in [-0.2, 0) is 6.42 Å². The molecule has 1 aromatic heterocycles. The van der Waals surface area contributed by atoms with Crippen molar-refractivity contribution < 1.29 is 4.74 Å². The normalized spacial score (nSPS) is 10.5. The number of aromatic nitrogens is 1. The summed E-state index contributed by atoms with van der Waals surface area (Å²) in [5.74, 6) is 1.62. The Morgan fingerprint density at radius 3 is 2.85 bits per heavy atom. The van der Waals surface area contributed by atoms with E-state index in [9.17, 15) is 0 Å². The third kappa shape index (κ3) is 3.05. The van der Waals surface area contributed by atoms with E-state index in [0.29, 0.717) is 5.92 Å². The molecule has 0 fully saturated rings. The van der Waals surface area contributed by atoms with Crippen molar-refractivity contribution in [2.24, 2.45) is 5.92 Å². The standard InChI is InChI=1S/C11H17NO/c1-4-13-11-5-6-12-8-10(11)7-9(2)3/h5-6,8-9H,4,7H2,1-3H3. The molecule has 1 rings (SSSR count). The van der Waals surface area contributed by atoms with Crippen molar-refractivity contribution in [3.05, 3.63) is 24.0 Å². The Bertz CT molecular complexity index is 258. The molecular formula is C11H17NO. The van der Waals surface area contributed by atoms with Gasteiger partial charge in [-0.25, -0.2) is 0 Å². The Hall–Kier alpha value is -1.05. The van der Waals surface area contributed by atoms with Gasteiger partial charge in [0.1, 0.15) is 5.75 Å². The molecule has 1 aromatic rings. The van der Waals surface area contributed by atoms with Crippen molar-refractivity contribution in [3.63, 3.8) is 0 Å². The van der Waals surface area contributed by atoms with E-state index in [4.69, 9.17) is 4.74 Å². The summed E-state index contributed by atoms with van der Waals surface area (Å²) in [6, 6.07) is 1.93. The smallest absolute Gasteiger partial charge is 0.125 e. The second kappa shape index (κ2) is 4.85. The number of pyridine rings is 1. The first-order valence-corrected chi connectivity index (χ1v) is 4.79. The Balaban J connectivity index is 2.78. The van der Waals surface area contributed by atoms with E-state index in [-0.39, 0.29) is 0 Å². The van der Waals surface area contributed by atoms with Crippen molar-refractivity contribution in [3.8, 4) is 5.75 Å². The van der Waals surface area contributed by atoms with Crippen molar-refractivity contribution >= 4 is 0 Å². The third-order valence-corrected chi connectivity index (χ3v) is 1.79. The van der Waals surface area contributed by atoms with Crippen LogP contribution in [0.15, 0.2) is 18.5 Å². The van der Waals surface area contributed by atoms with Crippen LogP contribution in [0.3, 0.4) is 0 Å². The molecule has 2 heteroatoms. The fourth-order valence-corrected chi connectivity index (χ4v) is 1.30. The molecule has 0 saturated heterocycles. The van der Waals surface area contributed by atoms with Crippen LogP contribution >= 0.6 is 0 Å². The van der Waals surface area contributed by atoms with Crippen LogP contribution in [0.1, 0.15) is 26.3 Å². The van der Waals surface area contributed by atoms with E-state index in [1.807, 2.05) is 19.2 Å². The predicted octanol–water partition coefficient (Wildman–Crippen LogP) is 2.68. The van der Waals surface area contributed by atoms with E-state index in [0.717, 1.165) is 18.8 Å². The van der Waals surface area contributed by atoms with Gasteiger partial charge >= 0.3 is 0 Å². The molecule has 0 N–H and O–H groups in total. The second-order valence-electron chi connectivity index (χ2n) is 3.51. The summed E-state index contributed by atoms with van der Waals surface area (Å²) >= 11 is 0. The number of rotatable bonds is 4. The van der Waals surface area contributed by atoms with Crippen molar-refractivity contribution in [1.82, 2.24) is 4.98 Å². The lowest BCUT2D eigenvalue weighted by atomic mass is 10.0. The monoisotopic (exact) mass is 179 g/mol. The molecule has 0 saturated carbocycles. The largest absolute Gasteiger partial charge is 0.493 e. The quantitative estimate of drug-likeness (QED) is 0.709. The van der Waals surface area contributed by atoms with Gasteiger partial charge in [-0.15, -0.1) is 0 Å². The first kappa shape index (κ1) is 10.0. The van der Waals surface area contributed by atoms with Gasteiger partial charge in [-0.05, 0) is 25.3 Å². The van der Waals surface area contributed by atoms with Gasteiger partial charge in [-0.2, -0.15) is 0 Å². The average molecular weight is 179 g/mol. The van der Waals surface area contributed by atoms with Gasteiger partial charge in [0.15, 0.2) is 0 Å². The molecule has 0 aliphatic rings. The van der Waals surface area contributed by atoms with Gasteiger partial charge in [0.25, 0.3) is 0 Å². The van der Waals surface area contributed by atoms with Gasteiger partial charge < -0.3 is 4.74 Å². The second-order valence-corrected chi connectivity index (χ2v) is 3.51. The third-order valence-electron chi connectivity index (χ3n) is 1.79. The molecular weight excluding hydrogens is 162 g/mol. The summed E-state index contributed by atoms with van der Waals surface area (Å²) < 4.78 is 5.50. The highest BCUT2D eigenvalue weighted by molar-refractivity contribution is 5.30. The molecule has 0 aliphatic carbocycles. The van der Waals surface area contributed by atoms with Crippen LogP contribution in [0.2, 0.25) is 0 Å². The molecule has 0 amide bonds. The van der Waals surface area contributed by atoms with Gasteiger partial charge in [0.2, 0.25) is 0 Å². The number of hydrogen-bond donors (Lipinski definition) is 0. The zero-order valence-corrected chi connectivity index (χ0v) is 8.58. The molecule has 0 aromatic carbocycles. The van der Waals surface area contributed by atoms with Gasteiger partial charge in [0, 0.05) is 18.0 Å². The minimum absolute atomic E-state index is 0.642. The van der Waals surface area contributed by atoms with Gasteiger partial charge in [-0.1, -0.05) is 13.8 Å². The molecule has 0 radical (unpaired) electrons. The van der Waals surface area contributed by atoms with Crippen LogP contribution in [0.25, 0.3) is 0 Å². The summed E-state index contributed by atoms with van der Waals surface area (Å²) in [4.78, 5) is 4.10. The Labute approximate surface area is 80.0 Å². The van der Waals surface area contributed by atoms with E-state index in [1.54, 1.807) is 6.20 Å². The van der Waals surface area contributed by atoms with E-state index < -0.39 is 0 Å². The van der Waals surface area contributed by atoms with Crippen molar-refractivity contribution in [2.45, 2.75) is 27.2 Å². The molecule has 0 unspecified atom stereocenters. The summed E-state index contributed by atoms with van der Waals surface area (Å²) in [7, 11) is 0. The highest BCUT2D eigenvalue weighted by Gasteiger charge is 2.04. The number of nitrogens with zero attached hydrogens (tertiary/aromatic N) is 1. The van der Waals surface area contributed by atoms with E-state index in [1.165, 1.54) is 5.56 Å². The van der Waals surface area contributed by atoms with Crippen LogP contribution < -0.4 is 4.74 Å². The molecule has 13 heavy (non-hydrogen) atoms. The zero-order valence-electron chi connectivity index (χ0n) is 8.58. The van der Waals surface area contributed by atoms with Crippen molar-refractivity contribution in [1.29, 1.82) is 0 Å². The van der Waals surface area contributed by atoms with Crippen LogP contribution in [0.4, 0.5) is 0 Å². The molecule has 0 aliphatic heterocycles. The first-order chi connectivity index (χ1) is 6.24. The van der Waals surface area contributed by atoms with E-state index >= 15 is 0 Å². The molecule has 0 bridgehead atoms. The highest BCUT2D eigenvalue weighted by Crippen LogP contribution is 2.19. The Morgan fingerprint density at radius 2 is 2.23 bits per heavy atom. The van der Waals surface area contributed by atoms with E-state index in [2.05, 4.69) is 18.8 Å². The lowest BCUT2D eigenvalue weighted by Gasteiger charge is -2.10. The van der Waals surface area contributed by atoms with Gasteiger partial charge in [-0.3, -0.25) is 4.98 Å². The average Bonchev–Trinajstić information content (AvgIpc) is 2.08. The summed E-state index contributed by atoms with van der Waals surface area (Å²) in [6.45, 7) is 7.11. The fraction of sp³-hybridized carbons (Fsp3) is 0.545. The number of ether oxygens (including phenoxy) is 1. The van der Waals surface area contributed by atoms with Gasteiger partial charge in [0.05, 0.1) is 6.61 Å². The lowest BCUT2D eigenvalue weighted by molar-refractivity contribution is 0.334. The number of hydrogen-bond acceptors (Lipinski definition) is 2. The fourth-order valence-electron chi connectivity index (χ4n) is 1.30. The maximum Gasteiger partial charge on any atom is 0.125 e. The minimum Gasteiger partial charge on any atom is -0.493 e. The highest BCUT2D eigenvalue weighted by atomic mass is 16.5. The van der Waals surface area contributed by atoms with Crippen LogP contribution in [0.5, 0.6) is 5.75 Å². The van der Waals surface area contributed by atoms with Crippen LogP contribution in [-0.4, -0.2) is 11.6 Å². The summed E-state index contributed by atoms with van der Waals surface area (Å²) in [5.41, 5.74) is 1.21. The summed E-state index contributed by atoms with van der Waals surface area (Å²) in [6.07, 6.45) is 4.70. The maximum absolute atomic E-state index is 5.50. The topological polar surface area (TPSA) is 22.1 Å². The lowest BCUT2D eigenvalue weighted by Crippen LogP contribution is -2.00. The molecule has 0 atom stereocenters. The summed E-state index contributed by atoms with van der Waals surface area (Å²) in [5, 5.41) is 0. The van der Waals surface area contributed by atoms with Crippen molar-refractivity contribution in [2.75, 3.05) is 6.61 Å².